The van der Waals surface area contributed by atoms with Crippen molar-refractivity contribution in [3.63, 3.8) is 0 Å². The number of aromatic nitrogens is 2. The van der Waals surface area contributed by atoms with Gasteiger partial charge in [0, 0.05) is 11.9 Å². The van der Waals surface area contributed by atoms with Crippen molar-refractivity contribution >= 4 is 17.2 Å². The maximum atomic E-state index is 13.3. The number of pyridine rings is 1. The highest BCUT2D eigenvalue weighted by Gasteiger charge is 2.32. The Hall–Kier alpha value is -2.90. The molecule has 0 saturated heterocycles. The van der Waals surface area contributed by atoms with E-state index in [-0.39, 0.29) is 17.0 Å². The number of hydrogen-bond acceptors (Lipinski definition) is 2. The lowest BCUT2D eigenvalue weighted by Crippen LogP contribution is -2.17. The van der Waals surface area contributed by atoms with Gasteiger partial charge in [-0.2, -0.15) is 13.2 Å². The number of carbonyl (C=O) groups excluding carboxylic acids is 1. The molecule has 0 aliphatic carbocycles. The molecule has 0 radical (unpaired) electrons. The fourth-order valence-corrected chi connectivity index (χ4v) is 2.67. The molecule has 0 spiro atoms. The van der Waals surface area contributed by atoms with Gasteiger partial charge < -0.3 is 5.32 Å². The molecule has 1 amide bonds. The Kier molecular flexibility index (Phi) is 4.67. The zero-order valence-corrected chi connectivity index (χ0v) is 13.8. The Morgan fingerprint density at radius 3 is 2.65 bits per heavy atom. The highest BCUT2D eigenvalue weighted by Crippen LogP contribution is 2.30. The van der Waals surface area contributed by atoms with Gasteiger partial charge in [0.05, 0.1) is 11.3 Å². The molecule has 0 aliphatic rings. The van der Waals surface area contributed by atoms with Crippen LogP contribution in [0.3, 0.4) is 0 Å². The van der Waals surface area contributed by atoms with Gasteiger partial charge in [-0.15, -0.1) is 0 Å². The second kappa shape index (κ2) is 6.78. The Morgan fingerprint density at radius 2 is 2.00 bits per heavy atom. The van der Waals surface area contributed by atoms with Crippen molar-refractivity contribution in [2.75, 3.05) is 5.32 Å². The number of nitrogens with zero attached hydrogens (tertiary/aromatic N) is 2. The first kappa shape index (κ1) is 17.9. The molecule has 0 fully saturated rings. The molecule has 0 bridgehead atoms. The molecule has 136 valence electrons. The van der Waals surface area contributed by atoms with Gasteiger partial charge in [0.2, 0.25) is 0 Å². The molecule has 4 nitrogen and oxygen atoms in total. The van der Waals surface area contributed by atoms with Crippen molar-refractivity contribution in [3.05, 3.63) is 65.4 Å². The summed E-state index contributed by atoms with van der Waals surface area (Å²) in [4.78, 5) is 16.9. The van der Waals surface area contributed by atoms with Crippen LogP contribution in [0.25, 0.3) is 5.65 Å². The van der Waals surface area contributed by atoms with E-state index in [1.165, 1.54) is 24.3 Å². The number of rotatable bonds is 4. The zero-order valence-electron chi connectivity index (χ0n) is 13.8. The molecular weight excluding hydrogens is 350 g/mol. The fraction of sp³-hybridized carbons (Fsp3) is 0.222. The van der Waals surface area contributed by atoms with Gasteiger partial charge >= 0.3 is 6.18 Å². The van der Waals surface area contributed by atoms with Gasteiger partial charge in [0.25, 0.3) is 5.91 Å². The second-order valence-corrected chi connectivity index (χ2v) is 5.77. The van der Waals surface area contributed by atoms with Crippen LogP contribution in [0, 0.1) is 5.82 Å². The number of alkyl halides is 3. The molecule has 0 aliphatic heterocycles. The molecule has 0 unspecified atom stereocenters. The molecule has 2 heterocycles. The summed E-state index contributed by atoms with van der Waals surface area (Å²) in [7, 11) is 0. The van der Waals surface area contributed by atoms with E-state index in [4.69, 9.17) is 0 Å². The molecule has 0 saturated carbocycles. The average molecular weight is 365 g/mol. The van der Waals surface area contributed by atoms with Gasteiger partial charge in [-0.3, -0.25) is 9.20 Å². The lowest BCUT2D eigenvalue weighted by atomic mass is 10.2. The fourth-order valence-electron chi connectivity index (χ4n) is 2.67. The summed E-state index contributed by atoms with van der Waals surface area (Å²) in [6.07, 6.45) is -2.60. The van der Waals surface area contributed by atoms with Crippen LogP contribution in [-0.2, 0) is 12.6 Å². The number of hydrogen-bond donors (Lipinski definition) is 1. The molecule has 3 rings (SSSR count). The highest BCUT2D eigenvalue weighted by atomic mass is 19.4. The third-order valence-corrected chi connectivity index (χ3v) is 3.80. The normalized spacial score (nSPS) is 11.7. The Bertz CT molecular complexity index is 963. The van der Waals surface area contributed by atoms with E-state index in [1.54, 1.807) is 0 Å². The Labute approximate surface area is 146 Å². The van der Waals surface area contributed by atoms with Crippen LogP contribution in [0.5, 0.6) is 0 Å². The molecule has 2 aromatic heterocycles. The summed E-state index contributed by atoms with van der Waals surface area (Å²) in [5.74, 6) is -1.18. The number of aryl methyl sites for hydroxylation is 1. The SMILES string of the molecule is CCCc1nc2ccc(C(F)(F)F)cn2c1C(=O)Nc1cccc(F)c1. The molecule has 1 aromatic carbocycles. The zero-order chi connectivity index (χ0) is 18.9. The van der Waals surface area contributed by atoms with Crippen molar-refractivity contribution in [1.82, 2.24) is 9.38 Å². The maximum absolute atomic E-state index is 13.3. The van der Waals surface area contributed by atoms with Crippen molar-refractivity contribution in [2.24, 2.45) is 0 Å². The highest BCUT2D eigenvalue weighted by molar-refractivity contribution is 6.04. The number of imidazole rings is 1. The van der Waals surface area contributed by atoms with E-state index in [9.17, 15) is 22.4 Å². The van der Waals surface area contributed by atoms with E-state index in [0.717, 1.165) is 22.7 Å². The van der Waals surface area contributed by atoms with Crippen molar-refractivity contribution in [3.8, 4) is 0 Å². The van der Waals surface area contributed by atoms with Crippen LogP contribution >= 0.6 is 0 Å². The summed E-state index contributed by atoms with van der Waals surface area (Å²) in [6, 6.07) is 7.41. The summed E-state index contributed by atoms with van der Waals surface area (Å²) >= 11 is 0. The van der Waals surface area contributed by atoms with E-state index >= 15 is 0 Å². The molecule has 3 aromatic rings. The van der Waals surface area contributed by atoms with E-state index in [0.29, 0.717) is 18.5 Å². The predicted octanol–water partition coefficient (Wildman–Crippen LogP) is 4.70. The largest absolute Gasteiger partial charge is 0.417 e. The standard InChI is InChI=1S/C18H15F4N3O/c1-2-4-14-16(17(26)23-13-6-3-5-12(19)9-13)25-10-11(18(20,21)22)7-8-15(25)24-14/h3,5-10H,2,4H2,1H3,(H,23,26). The van der Waals surface area contributed by atoms with Gasteiger partial charge in [-0.1, -0.05) is 19.4 Å². The second-order valence-electron chi connectivity index (χ2n) is 5.77. The van der Waals surface area contributed by atoms with Gasteiger partial charge in [-0.25, -0.2) is 9.37 Å². The minimum absolute atomic E-state index is 0.0113. The first-order chi connectivity index (χ1) is 12.3. The number of nitrogens with one attached hydrogen (secondary N) is 1. The number of halogens is 4. The summed E-state index contributed by atoms with van der Waals surface area (Å²) < 4.78 is 53.5. The van der Waals surface area contributed by atoms with Gasteiger partial charge in [-0.05, 0) is 36.8 Å². The van der Waals surface area contributed by atoms with Crippen LogP contribution < -0.4 is 5.32 Å². The summed E-state index contributed by atoms with van der Waals surface area (Å²) in [6.45, 7) is 1.87. The average Bonchev–Trinajstić information content (AvgIpc) is 2.91. The van der Waals surface area contributed by atoms with Crippen LogP contribution in [0.4, 0.5) is 23.2 Å². The first-order valence-electron chi connectivity index (χ1n) is 7.94. The number of benzene rings is 1. The van der Waals surface area contributed by atoms with Crippen molar-refractivity contribution < 1.29 is 22.4 Å². The lowest BCUT2D eigenvalue weighted by Gasteiger charge is -2.10. The molecule has 26 heavy (non-hydrogen) atoms. The summed E-state index contributed by atoms with van der Waals surface area (Å²) in [5, 5.41) is 2.51. The van der Waals surface area contributed by atoms with Crippen molar-refractivity contribution in [2.45, 2.75) is 25.9 Å². The van der Waals surface area contributed by atoms with Crippen molar-refractivity contribution in [1.29, 1.82) is 0 Å². The number of fused-ring (bicyclic) bond motifs is 1. The molecule has 0 atom stereocenters. The van der Waals surface area contributed by atoms with Gasteiger partial charge in [0.1, 0.15) is 17.2 Å². The van der Waals surface area contributed by atoms with Crippen LogP contribution in [-0.4, -0.2) is 15.3 Å². The minimum Gasteiger partial charge on any atom is -0.321 e. The predicted molar refractivity (Wildman–Crippen MR) is 88.5 cm³/mol. The maximum Gasteiger partial charge on any atom is 0.417 e. The molecule has 8 heteroatoms. The number of anilines is 1. The van der Waals surface area contributed by atoms with Crippen LogP contribution in [0.15, 0.2) is 42.6 Å². The number of amides is 1. The third-order valence-electron chi connectivity index (χ3n) is 3.80. The lowest BCUT2D eigenvalue weighted by molar-refractivity contribution is -0.137. The molecular formula is C18H15F4N3O. The number of carbonyl (C=O) groups is 1. The van der Waals surface area contributed by atoms with E-state index in [1.807, 2.05) is 6.92 Å². The third kappa shape index (κ3) is 3.54. The van der Waals surface area contributed by atoms with Crippen LogP contribution in [0.1, 0.15) is 35.1 Å². The Morgan fingerprint density at radius 1 is 1.23 bits per heavy atom. The smallest absolute Gasteiger partial charge is 0.321 e. The Balaban J connectivity index is 2.08. The molecule has 1 N–H and O–H groups in total. The van der Waals surface area contributed by atoms with Crippen LogP contribution in [0.2, 0.25) is 0 Å². The quantitative estimate of drug-likeness (QED) is 0.682. The first-order valence-corrected chi connectivity index (χ1v) is 7.94. The minimum atomic E-state index is -4.54. The van der Waals surface area contributed by atoms with E-state index in [2.05, 4.69) is 10.3 Å². The van der Waals surface area contributed by atoms with Gasteiger partial charge in [0.15, 0.2) is 0 Å². The monoisotopic (exact) mass is 365 g/mol. The summed E-state index contributed by atoms with van der Waals surface area (Å²) in [5.41, 5.74) is -0.0339. The van der Waals surface area contributed by atoms with E-state index < -0.39 is 23.5 Å². The topological polar surface area (TPSA) is 46.4 Å².